The molecule has 0 aromatic heterocycles. The largest absolute Gasteiger partial charge is 0.344 e. The summed E-state index contributed by atoms with van der Waals surface area (Å²) in [4.78, 5) is 0. The average Bonchev–Trinajstić information content (AvgIpc) is 2.69. The molecule has 2 saturated carbocycles. The van der Waals surface area contributed by atoms with E-state index in [0.717, 1.165) is 11.8 Å². The molecular formula is C11H14O3. The molecule has 0 amide bonds. The third kappa shape index (κ3) is 0.450. The maximum Gasteiger partial charge on any atom is 0.173 e. The molecular weight excluding hydrogens is 180 g/mol. The minimum atomic E-state index is -0.325. The van der Waals surface area contributed by atoms with Crippen LogP contribution in [0.1, 0.15) is 20.3 Å². The first kappa shape index (κ1) is 7.20. The van der Waals surface area contributed by atoms with E-state index in [0.29, 0.717) is 24.0 Å². The first-order valence-corrected chi connectivity index (χ1v) is 5.68. The normalized spacial score (nSPS) is 81.0. The summed E-state index contributed by atoms with van der Waals surface area (Å²) < 4.78 is 18.2. The van der Waals surface area contributed by atoms with E-state index in [4.69, 9.17) is 14.2 Å². The zero-order valence-corrected chi connectivity index (χ0v) is 8.40. The predicted octanol–water partition coefficient (Wildman–Crippen LogP) is 1.13. The molecule has 0 aromatic carbocycles. The fourth-order valence-electron chi connectivity index (χ4n) is 5.33. The first-order valence-electron chi connectivity index (χ1n) is 5.68. The zero-order valence-electron chi connectivity index (χ0n) is 8.40. The second kappa shape index (κ2) is 1.58. The monoisotopic (exact) mass is 194 g/mol. The van der Waals surface area contributed by atoms with Crippen LogP contribution >= 0.6 is 0 Å². The van der Waals surface area contributed by atoms with Crippen molar-refractivity contribution in [2.75, 3.05) is 0 Å². The molecule has 0 unspecified atom stereocenters. The third-order valence-corrected chi connectivity index (χ3v) is 5.38. The van der Waals surface area contributed by atoms with Crippen LogP contribution in [-0.2, 0) is 14.2 Å². The van der Waals surface area contributed by atoms with E-state index in [1.54, 1.807) is 0 Å². The Hall–Kier alpha value is -0.120. The maximum atomic E-state index is 6.09. The lowest BCUT2D eigenvalue weighted by atomic mass is 9.77. The van der Waals surface area contributed by atoms with Crippen LogP contribution in [0.2, 0.25) is 0 Å². The summed E-state index contributed by atoms with van der Waals surface area (Å²) in [6.07, 6.45) is 2.00. The van der Waals surface area contributed by atoms with Gasteiger partial charge < -0.3 is 14.2 Å². The van der Waals surface area contributed by atoms with E-state index in [-0.39, 0.29) is 11.6 Å². The van der Waals surface area contributed by atoms with Gasteiger partial charge in [-0.05, 0) is 32.1 Å². The second-order valence-electron chi connectivity index (χ2n) is 5.91. The Labute approximate surface area is 82.7 Å². The molecule has 0 N–H and O–H groups in total. The summed E-state index contributed by atoms with van der Waals surface area (Å²) in [6.45, 7) is 4.23. The van der Waals surface area contributed by atoms with Gasteiger partial charge in [-0.2, -0.15) is 0 Å². The highest BCUT2D eigenvalue weighted by molar-refractivity contribution is 5.23. The Morgan fingerprint density at radius 1 is 0.929 bits per heavy atom. The molecule has 14 heavy (non-hydrogen) atoms. The van der Waals surface area contributed by atoms with Crippen molar-refractivity contribution in [3.05, 3.63) is 0 Å². The molecule has 0 radical (unpaired) electrons. The van der Waals surface area contributed by atoms with Gasteiger partial charge in [-0.15, -0.1) is 0 Å². The Bertz CT molecular complexity index is 320. The molecule has 5 aliphatic rings. The molecule has 76 valence electrons. The number of ether oxygens (including phenoxy) is 3. The molecule has 5 rings (SSSR count). The van der Waals surface area contributed by atoms with Gasteiger partial charge in [-0.3, -0.25) is 0 Å². The van der Waals surface area contributed by atoms with Crippen LogP contribution in [0.4, 0.5) is 0 Å². The van der Waals surface area contributed by atoms with Gasteiger partial charge in [0, 0.05) is 11.8 Å². The lowest BCUT2D eigenvalue weighted by molar-refractivity contribution is -0.272. The van der Waals surface area contributed by atoms with E-state index in [1.165, 1.54) is 6.42 Å². The van der Waals surface area contributed by atoms with Crippen molar-refractivity contribution in [2.24, 2.45) is 23.7 Å². The molecule has 0 spiro atoms. The van der Waals surface area contributed by atoms with E-state index in [2.05, 4.69) is 13.8 Å². The average molecular weight is 194 g/mol. The fourth-order valence-corrected chi connectivity index (χ4v) is 5.33. The van der Waals surface area contributed by atoms with Crippen LogP contribution < -0.4 is 0 Å². The van der Waals surface area contributed by atoms with Gasteiger partial charge in [0.25, 0.3) is 0 Å². The van der Waals surface area contributed by atoms with Crippen molar-refractivity contribution in [1.29, 1.82) is 0 Å². The molecule has 3 heterocycles. The molecule has 0 aromatic rings. The summed E-state index contributed by atoms with van der Waals surface area (Å²) in [5.41, 5.74) is 0. The molecule has 8 atom stereocenters. The van der Waals surface area contributed by atoms with Crippen molar-refractivity contribution in [3.63, 3.8) is 0 Å². The Balaban J connectivity index is 1.86. The second-order valence-corrected chi connectivity index (χ2v) is 5.91. The molecule has 3 saturated heterocycles. The van der Waals surface area contributed by atoms with Crippen molar-refractivity contribution in [3.8, 4) is 0 Å². The van der Waals surface area contributed by atoms with Crippen LogP contribution in [-0.4, -0.2) is 23.8 Å². The van der Waals surface area contributed by atoms with Crippen molar-refractivity contribution in [1.82, 2.24) is 0 Å². The topological polar surface area (TPSA) is 27.7 Å². The van der Waals surface area contributed by atoms with Crippen LogP contribution in [0, 0.1) is 23.7 Å². The van der Waals surface area contributed by atoms with Crippen LogP contribution in [0.3, 0.4) is 0 Å². The van der Waals surface area contributed by atoms with Gasteiger partial charge in [-0.1, -0.05) is 0 Å². The van der Waals surface area contributed by atoms with Gasteiger partial charge in [0.05, 0.1) is 12.2 Å². The van der Waals surface area contributed by atoms with Gasteiger partial charge in [0.2, 0.25) is 0 Å². The van der Waals surface area contributed by atoms with Crippen LogP contribution in [0.5, 0.6) is 0 Å². The van der Waals surface area contributed by atoms with E-state index >= 15 is 0 Å². The third-order valence-electron chi connectivity index (χ3n) is 5.38. The SMILES string of the molecule is C[C@]12O[C@H]3[C@@H]4C[C@@H]5[C@H]3O[C@](C)(O1)[C@@H]5[C@@H]42. The van der Waals surface area contributed by atoms with Gasteiger partial charge in [0.15, 0.2) is 11.6 Å². The minimum absolute atomic E-state index is 0.325. The van der Waals surface area contributed by atoms with Crippen LogP contribution in [0.25, 0.3) is 0 Å². The number of rotatable bonds is 0. The molecule has 5 fully saturated rings. The minimum Gasteiger partial charge on any atom is -0.344 e. The van der Waals surface area contributed by atoms with Gasteiger partial charge >= 0.3 is 0 Å². The van der Waals surface area contributed by atoms with Gasteiger partial charge in [0.1, 0.15) is 0 Å². The quantitative estimate of drug-likeness (QED) is 0.578. The summed E-state index contributed by atoms with van der Waals surface area (Å²) >= 11 is 0. The molecule has 2 bridgehead atoms. The van der Waals surface area contributed by atoms with Crippen molar-refractivity contribution >= 4 is 0 Å². The zero-order chi connectivity index (χ0) is 9.29. The Kier molecular flexibility index (Phi) is 0.815. The van der Waals surface area contributed by atoms with Crippen molar-refractivity contribution < 1.29 is 14.2 Å². The van der Waals surface area contributed by atoms with E-state index in [9.17, 15) is 0 Å². The van der Waals surface area contributed by atoms with Crippen molar-refractivity contribution in [2.45, 2.75) is 44.1 Å². The highest BCUT2D eigenvalue weighted by Gasteiger charge is 2.83. The Morgan fingerprint density at radius 2 is 1.43 bits per heavy atom. The van der Waals surface area contributed by atoms with E-state index < -0.39 is 0 Å². The highest BCUT2D eigenvalue weighted by Crippen LogP contribution is 2.75. The summed E-state index contributed by atoms with van der Waals surface area (Å²) in [6, 6.07) is 0. The molecule has 3 aliphatic heterocycles. The summed E-state index contributed by atoms with van der Waals surface area (Å²) in [7, 11) is 0. The Morgan fingerprint density at radius 3 is 1.93 bits per heavy atom. The standard InChI is InChI=1S/C11H14O3/c1-10-6-4-3-5-7(6)11(2,14-10)13-9(5)8(4)12-10/h4-9H,3H2,1-2H3/t4-,5+,6-,7+,8+,9-,10+,11-. The maximum absolute atomic E-state index is 6.09. The first-order chi connectivity index (χ1) is 6.62. The summed E-state index contributed by atoms with van der Waals surface area (Å²) in [5.74, 6) is 2.03. The predicted molar refractivity (Wildman–Crippen MR) is 46.2 cm³/mol. The number of hydrogen-bond donors (Lipinski definition) is 0. The molecule has 2 aliphatic carbocycles. The van der Waals surface area contributed by atoms with Gasteiger partial charge in [-0.25, -0.2) is 0 Å². The lowest BCUT2D eigenvalue weighted by Crippen LogP contribution is -2.33. The molecule has 3 heteroatoms. The number of fused-ring (bicyclic) bond motifs is 1. The fraction of sp³-hybridized carbons (Fsp3) is 1.00. The lowest BCUT2D eigenvalue weighted by Gasteiger charge is -2.25. The smallest absolute Gasteiger partial charge is 0.173 e. The molecule has 3 nitrogen and oxygen atoms in total. The highest BCUT2D eigenvalue weighted by atomic mass is 16.8. The van der Waals surface area contributed by atoms with E-state index in [1.807, 2.05) is 0 Å². The van der Waals surface area contributed by atoms with Crippen LogP contribution in [0.15, 0.2) is 0 Å². The number of hydrogen-bond acceptors (Lipinski definition) is 3. The summed E-state index contributed by atoms with van der Waals surface area (Å²) in [5, 5.41) is 0.